The van der Waals surface area contributed by atoms with Crippen LogP contribution in [0.3, 0.4) is 0 Å². The summed E-state index contributed by atoms with van der Waals surface area (Å²) in [6.07, 6.45) is -1.34. The highest BCUT2D eigenvalue weighted by molar-refractivity contribution is 6.83. The van der Waals surface area contributed by atoms with Gasteiger partial charge in [-0.3, -0.25) is 14.9 Å². The van der Waals surface area contributed by atoms with Crippen molar-refractivity contribution in [3.63, 3.8) is 0 Å². The van der Waals surface area contributed by atoms with Crippen LogP contribution in [0.15, 0.2) is 0 Å². The standard InChI is InChI=1S/C14H23NO6Si/c1-21-13(17)10-7-14(18,5-6-22(2,3)4)8-12(16)11(10)9-15(19)20/h10-12,16,18H,7-9H2,1-4H3/t10-,11+,12-,14-/m0/s1. The Morgan fingerprint density at radius 3 is 2.50 bits per heavy atom. The van der Waals surface area contributed by atoms with Crippen molar-refractivity contribution in [1.29, 1.82) is 0 Å². The summed E-state index contributed by atoms with van der Waals surface area (Å²) in [6, 6.07) is 0. The van der Waals surface area contributed by atoms with E-state index in [1.165, 1.54) is 7.11 Å². The smallest absolute Gasteiger partial charge is 0.309 e. The van der Waals surface area contributed by atoms with Crippen LogP contribution < -0.4 is 0 Å². The van der Waals surface area contributed by atoms with E-state index in [2.05, 4.69) is 16.2 Å². The number of rotatable bonds is 3. The Morgan fingerprint density at radius 1 is 1.45 bits per heavy atom. The van der Waals surface area contributed by atoms with Gasteiger partial charge >= 0.3 is 5.97 Å². The van der Waals surface area contributed by atoms with Crippen LogP contribution in [0.2, 0.25) is 19.6 Å². The molecule has 8 heteroatoms. The molecule has 7 nitrogen and oxygen atoms in total. The first-order chi connectivity index (χ1) is 9.97. The predicted octanol–water partition coefficient (Wildman–Crippen LogP) is 0.435. The number of aliphatic hydroxyl groups is 2. The maximum atomic E-state index is 11.9. The first-order valence-electron chi connectivity index (χ1n) is 7.12. The number of ether oxygens (including phenoxy) is 1. The zero-order valence-electron chi connectivity index (χ0n) is 13.3. The number of hydrogen-bond donors (Lipinski definition) is 2. The van der Waals surface area contributed by atoms with Crippen LogP contribution in [0.5, 0.6) is 0 Å². The summed E-state index contributed by atoms with van der Waals surface area (Å²) in [5.74, 6) is 0.290. The number of esters is 1. The second-order valence-electron chi connectivity index (χ2n) is 6.82. The molecule has 0 aromatic rings. The number of nitrogens with zero attached hydrogens (tertiary/aromatic N) is 1. The molecule has 1 aliphatic rings. The van der Waals surface area contributed by atoms with Gasteiger partial charge in [0.2, 0.25) is 6.54 Å². The van der Waals surface area contributed by atoms with E-state index in [0.29, 0.717) is 0 Å². The number of aliphatic hydroxyl groups excluding tert-OH is 1. The molecule has 2 N–H and O–H groups in total. The van der Waals surface area contributed by atoms with Crippen LogP contribution in [0.25, 0.3) is 0 Å². The number of carbonyl (C=O) groups excluding carboxylic acids is 1. The Labute approximate surface area is 130 Å². The number of methoxy groups -OCH3 is 1. The minimum absolute atomic E-state index is 0.0628. The number of carbonyl (C=O) groups is 1. The number of hydrogen-bond acceptors (Lipinski definition) is 6. The molecule has 0 spiro atoms. The van der Waals surface area contributed by atoms with E-state index in [-0.39, 0.29) is 12.8 Å². The van der Waals surface area contributed by atoms with Crippen LogP contribution in [-0.4, -0.2) is 54.5 Å². The zero-order chi connectivity index (χ0) is 17.1. The van der Waals surface area contributed by atoms with Gasteiger partial charge in [-0.25, -0.2) is 0 Å². The van der Waals surface area contributed by atoms with Gasteiger partial charge in [-0.05, 0) is 0 Å². The third-order valence-electron chi connectivity index (χ3n) is 3.65. The van der Waals surface area contributed by atoms with E-state index in [1.54, 1.807) is 0 Å². The Morgan fingerprint density at radius 2 is 2.05 bits per heavy atom. The average molecular weight is 329 g/mol. The lowest BCUT2D eigenvalue weighted by molar-refractivity contribution is -0.493. The van der Waals surface area contributed by atoms with Crippen LogP contribution in [-0.2, 0) is 9.53 Å². The Kier molecular flexibility index (Phi) is 5.73. The molecule has 1 rings (SSSR count). The van der Waals surface area contributed by atoms with Crippen molar-refractivity contribution in [2.45, 2.75) is 44.2 Å². The molecule has 0 aromatic heterocycles. The molecule has 0 heterocycles. The SMILES string of the molecule is COC(=O)[C@H]1C[C@@](O)(C#C[Si](C)(C)C)C[C@H](O)[C@@H]1C[N+](=O)[O-]. The third kappa shape index (κ3) is 5.09. The molecule has 4 atom stereocenters. The zero-order valence-corrected chi connectivity index (χ0v) is 14.3. The summed E-state index contributed by atoms with van der Waals surface area (Å²) in [7, 11) is -0.558. The first kappa shape index (κ1) is 18.6. The summed E-state index contributed by atoms with van der Waals surface area (Å²) < 4.78 is 4.67. The molecule has 0 saturated heterocycles. The van der Waals surface area contributed by atoms with Gasteiger partial charge in [-0.1, -0.05) is 25.6 Å². The maximum Gasteiger partial charge on any atom is 0.309 e. The highest BCUT2D eigenvalue weighted by Crippen LogP contribution is 2.37. The highest BCUT2D eigenvalue weighted by Gasteiger charge is 2.49. The molecular weight excluding hydrogens is 306 g/mol. The molecule has 1 saturated carbocycles. The topological polar surface area (TPSA) is 110 Å². The molecule has 1 fully saturated rings. The normalized spacial score (nSPS) is 31.8. The maximum absolute atomic E-state index is 11.9. The van der Waals surface area contributed by atoms with Crippen LogP contribution in [0.4, 0.5) is 0 Å². The van der Waals surface area contributed by atoms with Gasteiger partial charge in [0.05, 0.1) is 25.0 Å². The molecule has 0 aliphatic heterocycles. The fourth-order valence-corrected chi connectivity index (χ4v) is 3.21. The molecular formula is C14H23NO6Si. The van der Waals surface area contributed by atoms with Crippen molar-refractivity contribution in [3.05, 3.63) is 10.1 Å². The van der Waals surface area contributed by atoms with E-state index >= 15 is 0 Å². The van der Waals surface area contributed by atoms with Crippen molar-refractivity contribution in [3.8, 4) is 11.5 Å². The Balaban J connectivity index is 3.08. The van der Waals surface area contributed by atoms with Crippen molar-refractivity contribution < 1.29 is 24.7 Å². The first-order valence-corrected chi connectivity index (χ1v) is 10.6. The van der Waals surface area contributed by atoms with Crippen molar-refractivity contribution in [1.82, 2.24) is 0 Å². The van der Waals surface area contributed by atoms with E-state index in [1.807, 2.05) is 19.6 Å². The third-order valence-corrected chi connectivity index (χ3v) is 4.52. The van der Waals surface area contributed by atoms with Gasteiger partial charge in [0.1, 0.15) is 13.7 Å². The molecule has 0 amide bonds. The van der Waals surface area contributed by atoms with Gasteiger partial charge < -0.3 is 14.9 Å². The molecule has 0 radical (unpaired) electrons. The minimum atomic E-state index is -1.74. The summed E-state index contributed by atoms with van der Waals surface area (Å²) in [4.78, 5) is 22.1. The summed E-state index contributed by atoms with van der Waals surface area (Å²) >= 11 is 0. The van der Waals surface area contributed by atoms with Gasteiger partial charge in [-0.15, -0.1) is 5.54 Å². The van der Waals surface area contributed by atoms with E-state index < -0.39 is 49.1 Å². The number of nitro groups is 1. The second kappa shape index (κ2) is 6.77. The summed E-state index contributed by atoms with van der Waals surface area (Å²) in [6.45, 7) is 5.49. The van der Waals surface area contributed by atoms with Crippen molar-refractivity contribution in [2.24, 2.45) is 11.8 Å². The molecule has 22 heavy (non-hydrogen) atoms. The van der Waals surface area contributed by atoms with Gasteiger partial charge in [0, 0.05) is 17.8 Å². The summed E-state index contributed by atoms with van der Waals surface area (Å²) in [5, 5.41) is 31.5. The highest BCUT2D eigenvalue weighted by atomic mass is 28.3. The average Bonchev–Trinajstić information content (AvgIpc) is 2.38. The van der Waals surface area contributed by atoms with Gasteiger partial charge in [0.15, 0.2) is 0 Å². The lowest BCUT2D eigenvalue weighted by Gasteiger charge is -2.39. The van der Waals surface area contributed by atoms with Crippen molar-refractivity contribution >= 4 is 14.0 Å². The molecule has 1 aliphatic carbocycles. The van der Waals surface area contributed by atoms with Crippen LogP contribution >= 0.6 is 0 Å². The Bertz CT molecular complexity index is 506. The fourth-order valence-electron chi connectivity index (χ4n) is 2.60. The monoisotopic (exact) mass is 329 g/mol. The quantitative estimate of drug-likeness (QED) is 0.255. The van der Waals surface area contributed by atoms with Gasteiger partial charge in [0.25, 0.3) is 0 Å². The Hall–Kier alpha value is -1.43. The fraction of sp³-hybridized carbons (Fsp3) is 0.786. The minimum Gasteiger partial charge on any atom is -0.469 e. The van der Waals surface area contributed by atoms with Crippen molar-refractivity contribution in [2.75, 3.05) is 13.7 Å². The molecule has 0 aromatic carbocycles. The van der Waals surface area contributed by atoms with E-state index in [9.17, 15) is 25.1 Å². The predicted molar refractivity (Wildman–Crippen MR) is 82.2 cm³/mol. The van der Waals surface area contributed by atoms with E-state index in [4.69, 9.17) is 0 Å². The second-order valence-corrected chi connectivity index (χ2v) is 11.6. The van der Waals surface area contributed by atoms with Crippen LogP contribution in [0.1, 0.15) is 12.8 Å². The van der Waals surface area contributed by atoms with Gasteiger partial charge in [-0.2, -0.15) is 0 Å². The van der Waals surface area contributed by atoms with E-state index in [0.717, 1.165) is 0 Å². The molecule has 124 valence electrons. The van der Waals surface area contributed by atoms with Crippen LogP contribution in [0, 0.1) is 33.4 Å². The molecule has 0 bridgehead atoms. The largest absolute Gasteiger partial charge is 0.469 e. The summed E-state index contributed by atoms with van der Waals surface area (Å²) in [5.41, 5.74) is 1.51. The molecule has 0 unspecified atom stereocenters. The lowest BCUT2D eigenvalue weighted by atomic mass is 9.70. The lowest BCUT2D eigenvalue weighted by Crippen LogP contribution is -2.51.